The summed E-state index contributed by atoms with van der Waals surface area (Å²) in [7, 11) is 0. The van der Waals surface area contributed by atoms with Gasteiger partial charge in [-0.1, -0.05) is 48.5 Å². The van der Waals surface area contributed by atoms with Crippen LogP contribution in [-0.4, -0.2) is 29.1 Å². The van der Waals surface area contributed by atoms with Gasteiger partial charge in [-0.15, -0.1) is 0 Å². The first kappa shape index (κ1) is 16.2. The zero-order valence-electron chi connectivity index (χ0n) is 14.4. The fraction of sp³-hybridized carbons (Fsp3) is 0.381. The van der Waals surface area contributed by atoms with Crippen LogP contribution in [0.1, 0.15) is 31.2 Å². The third kappa shape index (κ3) is 3.85. The lowest BCUT2D eigenvalue weighted by atomic mass is 9.96. The number of anilines is 1. The summed E-state index contributed by atoms with van der Waals surface area (Å²) in [5, 5.41) is 6.10. The van der Waals surface area contributed by atoms with Gasteiger partial charge in [0.15, 0.2) is 0 Å². The Labute approximate surface area is 149 Å². The number of hydrogen-bond acceptors (Lipinski definition) is 2. The summed E-state index contributed by atoms with van der Waals surface area (Å²) >= 11 is 0. The molecular formula is C21H25N3O. The smallest absolute Gasteiger partial charge is 0.319 e. The van der Waals surface area contributed by atoms with E-state index < -0.39 is 0 Å². The monoisotopic (exact) mass is 335 g/mol. The Bertz CT molecular complexity index is 690. The van der Waals surface area contributed by atoms with Gasteiger partial charge in [0, 0.05) is 30.4 Å². The standard InChI is InChI=1S/C21H25N3O/c25-21(22-17-9-5-2-6-10-17)23-18-13-19-11-12-20(14-18)24(19)15-16-7-3-1-4-8-16/h1-10,18-20H,11-15H2,(H2,22,23,25)/t18?,19-,20+. The summed E-state index contributed by atoms with van der Waals surface area (Å²) in [6.45, 7) is 1.03. The first-order chi connectivity index (χ1) is 12.3. The number of carbonyl (C=O) groups excluding carboxylic acids is 1. The molecule has 2 aromatic carbocycles. The quantitative estimate of drug-likeness (QED) is 0.887. The van der Waals surface area contributed by atoms with Crippen LogP contribution in [0, 0.1) is 0 Å². The topological polar surface area (TPSA) is 44.4 Å². The lowest BCUT2D eigenvalue weighted by Crippen LogP contribution is -2.50. The maximum Gasteiger partial charge on any atom is 0.319 e. The van der Waals surface area contributed by atoms with Crippen molar-refractivity contribution < 1.29 is 4.79 Å². The van der Waals surface area contributed by atoms with Crippen LogP contribution in [0.25, 0.3) is 0 Å². The molecule has 4 rings (SSSR count). The molecule has 2 aliphatic rings. The van der Waals surface area contributed by atoms with Gasteiger partial charge < -0.3 is 10.6 Å². The van der Waals surface area contributed by atoms with E-state index in [1.54, 1.807) is 0 Å². The maximum atomic E-state index is 12.3. The summed E-state index contributed by atoms with van der Waals surface area (Å²) in [6.07, 6.45) is 4.59. The maximum absolute atomic E-state index is 12.3. The molecule has 2 aliphatic heterocycles. The van der Waals surface area contributed by atoms with Crippen molar-refractivity contribution >= 4 is 11.7 Å². The highest BCUT2D eigenvalue weighted by Gasteiger charge is 2.40. The van der Waals surface area contributed by atoms with Crippen LogP contribution in [-0.2, 0) is 6.54 Å². The fourth-order valence-electron chi connectivity index (χ4n) is 4.32. The van der Waals surface area contributed by atoms with Crippen molar-refractivity contribution in [1.29, 1.82) is 0 Å². The minimum Gasteiger partial charge on any atom is -0.335 e. The van der Waals surface area contributed by atoms with Gasteiger partial charge in [-0.3, -0.25) is 4.90 Å². The van der Waals surface area contributed by atoms with Gasteiger partial charge >= 0.3 is 6.03 Å². The predicted octanol–water partition coefficient (Wildman–Crippen LogP) is 4.00. The normalized spacial score (nSPS) is 25.5. The predicted molar refractivity (Wildman–Crippen MR) is 100 cm³/mol. The van der Waals surface area contributed by atoms with Gasteiger partial charge in [0.25, 0.3) is 0 Å². The van der Waals surface area contributed by atoms with Crippen LogP contribution in [0.15, 0.2) is 60.7 Å². The average Bonchev–Trinajstić information content (AvgIpc) is 2.86. The van der Waals surface area contributed by atoms with Crippen LogP contribution in [0.3, 0.4) is 0 Å². The number of nitrogens with zero attached hydrogens (tertiary/aromatic N) is 1. The fourth-order valence-corrected chi connectivity index (χ4v) is 4.32. The molecule has 3 atom stereocenters. The summed E-state index contributed by atoms with van der Waals surface area (Å²) in [6, 6.07) is 21.7. The van der Waals surface area contributed by atoms with Crippen LogP contribution in [0.2, 0.25) is 0 Å². The molecule has 4 heteroatoms. The van der Waals surface area contributed by atoms with Crippen molar-refractivity contribution in [3.8, 4) is 0 Å². The van der Waals surface area contributed by atoms with Gasteiger partial charge in [0.1, 0.15) is 0 Å². The number of nitrogens with one attached hydrogen (secondary N) is 2. The van der Waals surface area contributed by atoms with Crippen molar-refractivity contribution in [1.82, 2.24) is 10.2 Å². The zero-order valence-corrected chi connectivity index (χ0v) is 14.4. The minimum atomic E-state index is -0.0906. The molecule has 1 unspecified atom stereocenters. The molecule has 0 saturated carbocycles. The SMILES string of the molecule is O=C(Nc1ccccc1)NC1C[C@H]2CC[C@@H](C1)N2Cc1ccccc1. The molecule has 25 heavy (non-hydrogen) atoms. The number of piperidine rings is 1. The summed E-state index contributed by atoms with van der Waals surface area (Å²) < 4.78 is 0. The molecule has 2 N–H and O–H groups in total. The summed E-state index contributed by atoms with van der Waals surface area (Å²) in [5.74, 6) is 0. The zero-order chi connectivity index (χ0) is 17.1. The Kier molecular flexibility index (Phi) is 4.70. The second-order valence-electron chi connectivity index (χ2n) is 7.18. The highest BCUT2D eigenvalue weighted by atomic mass is 16.2. The number of benzene rings is 2. The molecule has 2 amide bonds. The minimum absolute atomic E-state index is 0.0906. The Morgan fingerprint density at radius 1 is 0.920 bits per heavy atom. The Morgan fingerprint density at radius 3 is 2.16 bits per heavy atom. The number of urea groups is 1. The molecule has 2 fully saturated rings. The van der Waals surface area contributed by atoms with E-state index in [1.165, 1.54) is 18.4 Å². The van der Waals surface area contributed by atoms with E-state index >= 15 is 0 Å². The van der Waals surface area contributed by atoms with Crippen molar-refractivity contribution in [3.05, 3.63) is 66.2 Å². The molecule has 2 heterocycles. The van der Waals surface area contributed by atoms with Crippen LogP contribution in [0.5, 0.6) is 0 Å². The Morgan fingerprint density at radius 2 is 1.52 bits per heavy atom. The molecule has 2 bridgehead atoms. The highest BCUT2D eigenvalue weighted by Crippen LogP contribution is 2.36. The van der Waals surface area contributed by atoms with Crippen molar-refractivity contribution in [2.45, 2.75) is 50.4 Å². The number of amides is 2. The van der Waals surface area contributed by atoms with Gasteiger partial charge in [0.05, 0.1) is 0 Å². The largest absolute Gasteiger partial charge is 0.335 e. The highest BCUT2D eigenvalue weighted by molar-refractivity contribution is 5.89. The van der Waals surface area contributed by atoms with E-state index in [-0.39, 0.29) is 12.1 Å². The molecule has 2 saturated heterocycles. The van der Waals surface area contributed by atoms with E-state index in [2.05, 4.69) is 45.9 Å². The Hall–Kier alpha value is -2.33. The van der Waals surface area contributed by atoms with Gasteiger partial charge in [-0.05, 0) is 43.4 Å². The number of carbonyl (C=O) groups is 1. The number of hydrogen-bond donors (Lipinski definition) is 2. The second kappa shape index (κ2) is 7.28. The lowest BCUT2D eigenvalue weighted by Gasteiger charge is -2.39. The van der Waals surface area contributed by atoms with Crippen LogP contribution >= 0.6 is 0 Å². The summed E-state index contributed by atoms with van der Waals surface area (Å²) in [5.41, 5.74) is 2.22. The lowest BCUT2D eigenvalue weighted by molar-refractivity contribution is 0.112. The number of para-hydroxylation sites is 1. The van der Waals surface area contributed by atoms with E-state index in [0.717, 1.165) is 25.1 Å². The van der Waals surface area contributed by atoms with Gasteiger partial charge in [0.2, 0.25) is 0 Å². The molecule has 4 nitrogen and oxygen atoms in total. The molecule has 2 aromatic rings. The number of fused-ring (bicyclic) bond motifs is 2. The van der Waals surface area contributed by atoms with Gasteiger partial charge in [-0.25, -0.2) is 4.79 Å². The van der Waals surface area contributed by atoms with Crippen molar-refractivity contribution in [2.24, 2.45) is 0 Å². The number of rotatable bonds is 4. The van der Waals surface area contributed by atoms with Gasteiger partial charge in [-0.2, -0.15) is 0 Å². The molecule has 0 spiro atoms. The third-order valence-electron chi connectivity index (χ3n) is 5.46. The van der Waals surface area contributed by atoms with Crippen LogP contribution < -0.4 is 10.6 Å². The van der Waals surface area contributed by atoms with Crippen molar-refractivity contribution in [3.63, 3.8) is 0 Å². The molecule has 130 valence electrons. The van der Waals surface area contributed by atoms with E-state index in [1.807, 2.05) is 30.3 Å². The van der Waals surface area contributed by atoms with Crippen molar-refractivity contribution in [2.75, 3.05) is 5.32 Å². The third-order valence-corrected chi connectivity index (χ3v) is 5.46. The molecule has 0 aliphatic carbocycles. The van der Waals surface area contributed by atoms with Crippen LogP contribution in [0.4, 0.5) is 10.5 Å². The molecular weight excluding hydrogens is 310 g/mol. The van der Waals surface area contributed by atoms with E-state index in [4.69, 9.17) is 0 Å². The first-order valence-corrected chi connectivity index (χ1v) is 9.20. The summed E-state index contributed by atoms with van der Waals surface area (Å²) in [4.78, 5) is 14.9. The van der Waals surface area contributed by atoms with E-state index in [0.29, 0.717) is 12.1 Å². The molecule has 0 aromatic heterocycles. The second-order valence-corrected chi connectivity index (χ2v) is 7.18. The van der Waals surface area contributed by atoms with E-state index in [9.17, 15) is 4.79 Å². The Balaban J connectivity index is 1.33. The average molecular weight is 335 g/mol. The molecule has 0 radical (unpaired) electrons. The first-order valence-electron chi connectivity index (χ1n) is 9.20.